The molecule has 1 fully saturated rings. The van der Waals surface area contributed by atoms with E-state index >= 15 is 0 Å². The summed E-state index contributed by atoms with van der Waals surface area (Å²) in [4.78, 5) is 17.1. The summed E-state index contributed by atoms with van der Waals surface area (Å²) < 4.78 is 67.2. The number of nitrogens with one attached hydrogen (secondary N) is 2. The van der Waals surface area contributed by atoms with Crippen molar-refractivity contribution < 1.29 is 26.7 Å². The van der Waals surface area contributed by atoms with Crippen LogP contribution in [0, 0.1) is 18.6 Å². The second kappa shape index (κ2) is 10.2. The summed E-state index contributed by atoms with van der Waals surface area (Å²) in [5.41, 5.74) is 3.06. The van der Waals surface area contributed by atoms with Crippen molar-refractivity contribution >= 4 is 29.0 Å². The van der Waals surface area contributed by atoms with Crippen LogP contribution >= 0.6 is 11.8 Å². The lowest BCUT2D eigenvalue weighted by Crippen LogP contribution is -2.26. The van der Waals surface area contributed by atoms with Crippen molar-refractivity contribution in [1.82, 2.24) is 19.9 Å². The standard InChI is InChI=1S/C26H22F5N5OS/c1-14-8-15(2-5-20(14)25(37)34-18-3-4-18)22-13-33-24-21(32-7-6-26(29,30)31)12-23(35-36(22)24)38-19-10-16(27)9-17(28)11-19/h2,5,8-13,18,32H,3-4,6-7H2,1H3,(H,34,37). The van der Waals surface area contributed by atoms with Gasteiger partial charge in [0.2, 0.25) is 0 Å². The van der Waals surface area contributed by atoms with Gasteiger partial charge in [0.1, 0.15) is 16.7 Å². The van der Waals surface area contributed by atoms with E-state index < -0.39 is 30.8 Å². The Bertz CT molecular complexity index is 1500. The maximum absolute atomic E-state index is 13.7. The van der Waals surface area contributed by atoms with E-state index in [9.17, 15) is 26.7 Å². The van der Waals surface area contributed by atoms with Gasteiger partial charge in [-0.3, -0.25) is 4.79 Å². The molecule has 5 rings (SSSR count). The van der Waals surface area contributed by atoms with Crippen LogP contribution in [-0.4, -0.2) is 39.3 Å². The van der Waals surface area contributed by atoms with Gasteiger partial charge in [-0.2, -0.15) is 18.3 Å². The Morgan fingerprint density at radius 1 is 1.11 bits per heavy atom. The molecule has 0 unspecified atom stereocenters. The van der Waals surface area contributed by atoms with Crippen LogP contribution in [0.25, 0.3) is 16.9 Å². The number of aromatic nitrogens is 3. The number of rotatable bonds is 8. The van der Waals surface area contributed by atoms with E-state index in [1.54, 1.807) is 12.1 Å². The third-order valence-electron chi connectivity index (χ3n) is 5.91. The number of nitrogens with zero attached hydrogens (tertiary/aromatic N) is 3. The number of halogens is 5. The fraction of sp³-hybridized carbons (Fsp3) is 0.269. The topological polar surface area (TPSA) is 71.3 Å². The van der Waals surface area contributed by atoms with E-state index in [1.807, 2.05) is 13.0 Å². The number of aryl methyl sites for hydroxylation is 1. The van der Waals surface area contributed by atoms with Crippen LogP contribution in [0.5, 0.6) is 0 Å². The van der Waals surface area contributed by atoms with Crippen LogP contribution in [0.1, 0.15) is 35.2 Å². The fourth-order valence-corrected chi connectivity index (χ4v) is 4.82. The number of hydrogen-bond donors (Lipinski definition) is 2. The third-order valence-corrected chi connectivity index (χ3v) is 6.79. The Labute approximate surface area is 218 Å². The van der Waals surface area contributed by atoms with Crippen molar-refractivity contribution in [2.75, 3.05) is 11.9 Å². The van der Waals surface area contributed by atoms with E-state index in [0.717, 1.165) is 48.4 Å². The minimum Gasteiger partial charge on any atom is -0.382 e. The number of hydrogen-bond acceptors (Lipinski definition) is 5. The molecule has 0 spiro atoms. The van der Waals surface area contributed by atoms with Crippen molar-refractivity contribution in [3.8, 4) is 11.3 Å². The molecule has 4 aromatic rings. The summed E-state index contributed by atoms with van der Waals surface area (Å²) in [5.74, 6) is -1.67. The molecule has 2 N–H and O–H groups in total. The predicted molar refractivity (Wildman–Crippen MR) is 133 cm³/mol. The molecule has 0 radical (unpaired) electrons. The first-order chi connectivity index (χ1) is 18.1. The fourth-order valence-electron chi connectivity index (χ4n) is 3.94. The SMILES string of the molecule is Cc1cc(-c2cnc3c(NCCC(F)(F)F)cc(Sc4cc(F)cc(F)c4)nn23)ccc1C(=O)NC1CC1. The molecule has 0 aliphatic heterocycles. The summed E-state index contributed by atoms with van der Waals surface area (Å²) in [6.07, 6.45) is -1.93. The number of imidazole rings is 1. The summed E-state index contributed by atoms with van der Waals surface area (Å²) in [6, 6.07) is 10.0. The highest BCUT2D eigenvalue weighted by atomic mass is 32.2. The van der Waals surface area contributed by atoms with Gasteiger partial charge in [-0.05, 0) is 55.7 Å². The summed E-state index contributed by atoms with van der Waals surface area (Å²) in [7, 11) is 0. The average molecular weight is 548 g/mol. The molecular weight excluding hydrogens is 525 g/mol. The maximum atomic E-state index is 13.7. The van der Waals surface area contributed by atoms with Gasteiger partial charge in [0.25, 0.3) is 5.91 Å². The van der Waals surface area contributed by atoms with E-state index in [0.29, 0.717) is 16.8 Å². The molecule has 2 aromatic carbocycles. The van der Waals surface area contributed by atoms with Crippen molar-refractivity contribution in [3.05, 3.63) is 71.4 Å². The van der Waals surface area contributed by atoms with Gasteiger partial charge in [-0.1, -0.05) is 17.8 Å². The number of fused-ring (bicyclic) bond motifs is 1. The van der Waals surface area contributed by atoms with Crippen LogP contribution in [0.2, 0.25) is 0 Å². The maximum Gasteiger partial charge on any atom is 0.390 e. The second-order valence-electron chi connectivity index (χ2n) is 9.05. The number of alkyl halides is 3. The summed E-state index contributed by atoms with van der Waals surface area (Å²) >= 11 is 0.957. The quantitative estimate of drug-likeness (QED) is 0.250. The van der Waals surface area contributed by atoms with E-state index in [-0.39, 0.29) is 33.2 Å². The molecule has 2 aromatic heterocycles. The lowest BCUT2D eigenvalue weighted by Gasteiger charge is -2.13. The molecule has 0 atom stereocenters. The van der Waals surface area contributed by atoms with E-state index in [4.69, 9.17) is 0 Å². The Morgan fingerprint density at radius 2 is 1.84 bits per heavy atom. The predicted octanol–water partition coefficient (Wildman–Crippen LogP) is 6.39. The molecule has 1 aliphatic rings. The van der Waals surface area contributed by atoms with Gasteiger partial charge >= 0.3 is 6.18 Å². The van der Waals surface area contributed by atoms with Gasteiger partial charge in [-0.25, -0.2) is 18.3 Å². The largest absolute Gasteiger partial charge is 0.390 e. The highest BCUT2D eigenvalue weighted by Gasteiger charge is 2.27. The highest BCUT2D eigenvalue weighted by Crippen LogP contribution is 2.33. The van der Waals surface area contributed by atoms with Crippen molar-refractivity contribution in [2.45, 2.75) is 48.3 Å². The highest BCUT2D eigenvalue weighted by molar-refractivity contribution is 7.99. The van der Waals surface area contributed by atoms with E-state index in [1.165, 1.54) is 16.8 Å². The van der Waals surface area contributed by atoms with Crippen LogP contribution in [0.15, 0.2) is 58.6 Å². The van der Waals surface area contributed by atoms with Gasteiger partial charge in [0.15, 0.2) is 5.65 Å². The normalized spacial score (nSPS) is 13.6. The number of carbonyl (C=O) groups is 1. The molecule has 1 saturated carbocycles. The lowest BCUT2D eigenvalue weighted by molar-refractivity contribution is -0.131. The number of anilines is 1. The molecule has 6 nitrogen and oxygen atoms in total. The Kier molecular flexibility index (Phi) is 6.99. The first-order valence-corrected chi connectivity index (χ1v) is 12.6. The van der Waals surface area contributed by atoms with E-state index in [2.05, 4.69) is 20.7 Å². The van der Waals surface area contributed by atoms with Crippen molar-refractivity contribution in [2.24, 2.45) is 0 Å². The zero-order valence-electron chi connectivity index (χ0n) is 20.1. The van der Waals surface area contributed by atoms with Crippen LogP contribution < -0.4 is 10.6 Å². The minimum atomic E-state index is -4.35. The molecule has 198 valence electrons. The van der Waals surface area contributed by atoms with Gasteiger partial charge in [0.05, 0.1) is 24.0 Å². The van der Waals surface area contributed by atoms with Gasteiger partial charge in [-0.15, -0.1) is 0 Å². The number of carbonyl (C=O) groups excluding carboxylic acids is 1. The molecular formula is C26H22F5N5OS. The van der Waals surface area contributed by atoms with Crippen LogP contribution in [-0.2, 0) is 0 Å². The molecule has 0 saturated heterocycles. The van der Waals surface area contributed by atoms with Gasteiger partial charge < -0.3 is 10.6 Å². The monoisotopic (exact) mass is 547 g/mol. The smallest absolute Gasteiger partial charge is 0.382 e. The molecule has 1 aliphatic carbocycles. The zero-order chi connectivity index (χ0) is 27.0. The summed E-state index contributed by atoms with van der Waals surface area (Å²) in [6.45, 7) is 1.42. The zero-order valence-corrected chi connectivity index (χ0v) is 20.9. The van der Waals surface area contributed by atoms with Gasteiger partial charge in [0, 0.05) is 34.7 Å². The molecule has 1 amide bonds. The first kappa shape index (κ1) is 26.0. The summed E-state index contributed by atoms with van der Waals surface area (Å²) in [5, 5.41) is 10.6. The number of benzene rings is 2. The Hall–Kier alpha value is -3.67. The Morgan fingerprint density at radius 3 is 2.50 bits per heavy atom. The molecule has 38 heavy (non-hydrogen) atoms. The third kappa shape index (κ3) is 6.07. The van der Waals surface area contributed by atoms with Crippen molar-refractivity contribution in [1.29, 1.82) is 0 Å². The number of amides is 1. The lowest BCUT2D eigenvalue weighted by atomic mass is 10.0. The van der Waals surface area contributed by atoms with Crippen LogP contribution in [0.4, 0.5) is 27.6 Å². The second-order valence-corrected chi connectivity index (χ2v) is 10.1. The first-order valence-electron chi connectivity index (χ1n) is 11.8. The molecule has 0 bridgehead atoms. The average Bonchev–Trinajstić information content (AvgIpc) is 3.52. The van der Waals surface area contributed by atoms with Crippen LogP contribution in [0.3, 0.4) is 0 Å². The molecule has 12 heteroatoms. The van der Waals surface area contributed by atoms with Crippen molar-refractivity contribution in [3.63, 3.8) is 0 Å². The molecule has 2 heterocycles. The minimum absolute atomic E-state index is 0.148. The Balaban J connectivity index is 1.52.